The van der Waals surface area contributed by atoms with Gasteiger partial charge in [-0.2, -0.15) is 0 Å². The molecular weight excluding hydrogens is 312 g/mol. The second kappa shape index (κ2) is 7.21. The minimum absolute atomic E-state index is 0.547. The largest absolute Gasteiger partial charge is 0.544 e. The van der Waals surface area contributed by atoms with Gasteiger partial charge in [0, 0.05) is 20.3 Å². The molecule has 0 bridgehead atoms. The molecule has 0 aliphatic carbocycles. The Morgan fingerprint density at radius 3 is 2.26 bits per heavy atom. The SMILES string of the molecule is CC(=O)N[C@@H]1C(O)C[C@@](O)(C(=O)[O-])OC1[C@H](NC(C)=O)[C@@H](C)O. The third kappa shape index (κ3) is 4.61. The van der Waals surface area contributed by atoms with Crippen molar-refractivity contribution in [3.63, 3.8) is 0 Å². The molecule has 2 unspecified atom stereocenters. The van der Waals surface area contributed by atoms with Crippen LogP contribution in [0.2, 0.25) is 0 Å². The highest BCUT2D eigenvalue weighted by Gasteiger charge is 2.50. The van der Waals surface area contributed by atoms with Crippen LogP contribution in [-0.2, 0) is 19.1 Å². The van der Waals surface area contributed by atoms with Crippen molar-refractivity contribution >= 4 is 17.8 Å². The smallest absolute Gasteiger partial charge is 0.217 e. The number of aliphatic hydroxyl groups excluding tert-OH is 2. The fourth-order valence-corrected chi connectivity index (χ4v) is 2.53. The van der Waals surface area contributed by atoms with Gasteiger partial charge < -0.3 is 40.6 Å². The summed E-state index contributed by atoms with van der Waals surface area (Å²) in [5.74, 6) is -5.90. The number of carboxylic acids is 1. The van der Waals surface area contributed by atoms with Crippen molar-refractivity contribution in [3.05, 3.63) is 0 Å². The molecule has 23 heavy (non-hydrogen) atoms. The molecule has 132 valence electrons. The van der Waals surface area contributed by atoms with Crippen molar-refractivity contribution in [2.45, 2.75) is 63.4 Å². The summed E-state index contributed by atoms with van der Waals surface area (Å²) in [6, 6.07) is -2.34. The zero-order valence-corrected chi connectivity index (χ0v) is 13.0. The summed E-state index contributed by atoms with van der Waals surface area (Å²) in [6.45, 7) is 3.62. The van der Waals surface area contributed by atoms with Crippen molar-refractivity contribution in [2.24, 2.45) is 0 Å². The van der Waals surface area contributed by atoms with E-state index >= 15 is 0 Å². The van der Waals surface area contributed by atoms with E-state index in [1.807, 2.05) is 0 Å². The molecule has 1 heterocycles. The van der Waals surface area contributed by atoms with Gasteiger partial charge in [0.1, 0.15) is 12.1 Å². The van der Waals surface area contributed by atoms with Gasteiger partial charge in [-0.25, -0.2) is 0 Å². The van der Waals surface area contributed by atoms with E-state index in [1.165, 1.54) is 13.8 Å². The van der Waals surface area contributed by atoms with Crippen molar-refractivity contribution in [1.29, 1.82) is 0 Å². The predicted octanol–water partition coefficient (Wildman–Crippen LogP) is -4.04. The summed E-state index contributed by atoms with van der Waals surface area (Å²) in [5, 5.41) is 45.7. The van der Waals surface area contributed by atoms with Crippen LogP contribution in [0.25, 0.3) is 0 Å². The fraction of sp³-hybridized carbons (Fsp3) is 0.769. The van der Waals surface area contributed by atoms with Gasteiger partial charge in [0.25, 0.3) is 0 Å². The van der Waals surface area contributed by atoms with E-state index in [4.69, 9.17) is 4.74 Å². The molecule has 0 spiro atoms. The van der Waals surface area contributed by atoms with Crippen LogP contribution in [-0.4, -0.2) is 69.3 Å². The lowest BCUT2D eigenvalue weighted by Gasteiger charge is -2.47. The van der Waals surface area contributed by atoms with E-state index in [-0.39, 0.29) is 0 Å². The van der Waals surface area contributed by atoms with Crippen molar-refractivity contribution in [2.75, 3.05) is 0 Å². The minimum Gasteiger partial charge on any atom is -0.544 e. The van der Waals surface area contributed by atoms with Crippen LogP contribution in [0.15, 0.2) is 0 Å². The van der Waals surface area contributed by atoms with Crippen LogP contribution in [0.5, 0.6) is 0 Å². The second-order valence-electron chi connectivity index (χ2n) is 5.62. The van der Waals surface area contributed by atoms with Crippen LogP contribution in [0.1, 0.15) is 27.2 Å². The normalized spacial score (nSPS) is 33.4. The number of hydrogen-bond acceptors (Lipinski definition) is 8. The molecule has 10 nitrogen and oxygen atoms in total. The monoisotopic (exact) mass is 333 g/mol. The highest BCUT2D eigenvalue weighted by atomic mass is 16.7. The minimum atomic E-state index is -2.81. The number of carbonyl (C=O) groups excluding carboxylic acids is 3. The van der Waals surface area contributed by atoms with E-state index in [9.17, 15) is 34.8 Å². The van der Waals surface area contributed by atoms with Gasteiger partial charge in [-0.1, -0.05) is 0 Å². The maximum Gasteiger partial charge on any atom is 0.217 e. The Morgan fingerprint density at radius 2 is 1.87 bits per heavy atom. The highest BCUT2D eigenvalue weighted by Crippen LogP contribution is 2.30. The quantitative estimate of drug-likeness (QED) is 0.339. The second-order valence-corrected chi connectivity index (χ2v) is 5.62. The third-order valence-electron chi connectivity index (χ3n) is 3.52. The first kappa shape index (κ1) is 19.3. The summed E-state index contributed by atoms with van der Waals surface area (Å²) in [6.07, 6.45) is -4.88. The molecule has 10 heteroatoms. The molecule has 0 aromatic carbocycles. The Kier molecular flexibility index (Phi) is 6.05. The summed E-state index contributed by atoms with van der Waals surface area (Å²) in [5.41, 5.74) is 0. The maximum absolute atomic E-state index is 11.3. The lowest BCUT2D eigenvalue weighted by atomic mass is 9.87. The summed E-state index contributed by atoms with van der Waals surface area (Å²) >= 11 is 0. The molecule has 0 saturated carbocycles. The molecule has 1 fully saturated rings. The number of aliphatic hydroxyl groups is 3. The molecule has 0 aromatic heterocycles. The summed E-state index contributed by atoms with van der Waals surface area (Å²) < 4.78 is 5.09. The van der Waals surface area contributed by atoms with Crippen molar-refractivity contribution in [1.82, 2.24) is 10.6 Å². The standard InChI is InChI=1S/C13H22N2O8/c1-5(16)9(14-6(2)17)11-10(15-7(3)18)8(19)4-13(22,23-11)12(20)21/h5,8-11,16,19,22H,4H2,1-3H3,(H,14,17)(H,15,18)(H,20,21)/p-1/t5-,8?,9-,10-,11?,13+/m1/s1. The first-order chi connectivity index (χ1) is 10.5. The van der Waals surface area contributed by atoms with Gasteiger partial charge in [-0.15, -0.1) is 0 Å². The average molecular weight is 333 g/mol. The molecule has 0 aromatic rings. The van der Waals surface area contributed by atoms with E-state index in [1.54, 1.807) is 0 Å². The van der Waals surface area contributed by atoms with Crippen LogP contribution >= 0.6 is 0 Å². The van der Waals surface area contributed by atoms with Gasteiger partial charge in [0.05, 0.1) is 24.3 Å². The summed E-state index contributed by atoms with van der Waals surface area (Å²) in [4.78, 5) is 33.7. The number of carboxylic acid groups (broad SMARTS) is 1. The van der Waals surface area contributed by atoms with E-state index in [0.717, 1.165) is 6.92 Å². The molecule has 1 rings (SSSR count). The van der Waals surface area contributed by atoms with Gasteiger partial charge in [0.2, 0.25) is 17.6 Å². The van der Waals surface area contributed by atoms with Gasteiger partial charge in [-0.3, -0.25) is 9.59 Å². The molecule has 1 aliphatic heterocycles. The Bertz CT molecular complexity index is 465. The van der Waals surface area contributed by atoms with E-state index in [0.29, 0.717) is 0 Å². The van der Waals surface area contributed by atoms with Gasteiger partial charge >= 0.3 is 0 Å². The van der Waals surface area contributed by atoms with Crippen molar-refractivity contribution < 1.29 is 39.5 Å². The topological polar surface area (TPSA) is 168 Å². The Hall–Kier alpha value is -1.75. The number of amides is 2. The molecule has 5 N–H and O–H groups in total. The molecular formula is C13H21N2O8-. The molecule has 6 atom stereocenters. The lowest BCUT2D eigenvalue weighted by molar-refractivity contribution is -0.370. The molecule has 0 radical (unpaired) electrons. The lowest BCUT2D eigenvalue weighted by Crippen LogP contribution is -2.70. The third-order valence-corrected chi connectivity index (χ3v) is 3.52. The van der Waals surface area contributed by atoms with Crippen LogP contribution in [0, 0.1) is 0 Å². The van der Waals surface area contributed by atoms with E-state index < -0.39 is 60.4 Å². The first-order valence-corrected chi connectivity index (χ1v) is 7.00. The van der Waals surface area contributed by atoms with Gasteiger partial charge in [-0.05, 0) is 6.92 Å². The fourth-order valence-electron chi connectivity index (χ4n) is 2.53. The molecule has 2 amide bonds. The predicted molar refractivity (Wildman–Crippen MR) is 72.3 cm³/mol. The zero-order valence-electron chi connectivity index (χ0n) is 13.0. The number of hydrogen-bond donors (Lipinski definition) is 5. The highest BCUT2D eigenvalue weighted by molar-refractivity contribution is 5.75. The van der Waals surface area contributed by atoms with Crippen LogP contribution in [0.3, 0.4) is 0 Å². The maximum atomic E-state index is 11.3. The zero-order chi connectivity index (χ0) is 17.9. The Labute approximate surface area is 132 Å². The number of rotatable bonds is 5. The Morgan fingerprint density at radius 1 is 1.30 bits per heavy atom. The first-order valence-electron chi connectivity index (χ1n) is 7.00. The summed E-state index contributed by atoms with van der Waals surface area (Å²) in [7, 11) is 0. The van der Waals surface area contributed by atoms with Gasteiger partial charge in [0.15, 0.2) is 0 Å². The van der Waals surface area contributed by atoms with Crippen molar-refractivity contribution in [3.8, 4) is 0 Å². The van der Waals surface area contributed by atoms with E-state index in [2.05, 4.69) is 10.6 Å². The number of nitrogens with one attached hydrogen (secondary N) is 2. The average Bonchev–Trinajstić information content (AvgIpc) is 2.38. The molecule has 1 aliphatic rings. The molecule has 1 saturated heterocycles. The Balaban J connectivity index is 3.21. The number of aliphatic carboxylic acids is 1. The number of carbonyl (C=O) groups is 3. The van der Waals surface area contributed by atoms with Crippen LogP contribution in [0.4, 0.5) is 0 Å². The van der Waals surface area contributed by atoms with Crippen LogP contribution < -0.4 is 15.7 Å². The number of ether oxygens (including phenoxy) is 1.